The number of nitrogens with zero attached hydrogens (tertiary/aromatic N) is 3. The first-order valence-electron chi connectivity index (χ1n) is 8.20. The number of amides is 1. The van der Waals surface area contributed by atoms with Crippen LogP contribution in [0.4, 0.5) is 0 Å². The predicted molar refractivity (Wildman–Crippen MR) is 89.2 cm³/mol. The highest BCUT2D eigenvalue weighted by Gasteiger charge is 2.29. The Kier molecular flexibility index (Phi) is 3.92. The second kappa shape index (κ2) is 6.09. The topological polar surface area (TPSA) is 69.0 Å². The Morgan fingerprint density at radius 1 is 1.42 bits per heavy atom. The summed E-state index contributed by atoms with van der Waals surface area (Å²) in [5.41, 5.74) is 0.995. The van der Waals surface area contributed by atoms with Gasteiger partial charge in [0.25, 0.3) is 0 Å². The molecule has 1 aromatic carbocycles. The van der Waals surface area contributed by atoms with E-state index in [1.54, 1.807) is 0 Å². The summed E-state index contributed by atoms with van der Waals surface area (Å²) in [6.45, 7) is 3.08. The molecule has 0 unspecified atom stereocenters. The molecule has 3 heterocycles. The fourth-order valence-corrected chi connectivity index (χ4v) is 3.63. The lowest BCUT2D eigenvalue weighted by Crippen LogP contribution is -2.46. The van der Waals surface area contributed by atoms with Crippen LogP contribution in [0.1, 0.15) is 23.6 Å². The van der Waals surface area contributed by atoms with Gasteiger partial charge in [-0.2, -0.15) is 0 Å². The zero-order valence-electron chi connectivity index (χ0n) is 13.5. The van der Waals surface area contributed by atoms with Crippen LogP contribution in [0.15, 0.2) is 18.2 Å². The van der Waals surface area contributed by atoms with E-state index in [-0.39, 0.29) is 17.9 Å². The minimum Gasteiger partial charge on any atom is -0.492 e. The second-order valence-corrected chi connectivity index (χ2v) is 6.92. The molecule has 0 spiro atoms. The quantitative estimate of drug-likeness (QED) is 0.902. The number of aromatic nitrogens is 3. The van der Waals surface area contributed by atoms with Gasteiger partial charge < -0.3 is 14.6 Å². The third-order valence-electron chi connectivity index (χ3n) is 4.78. The van der Waals surface area contributed by atoms with Gasteiger partial charge in [0.2, 0.25) is 5.91 Å². The molecule has 1 aromatic heterocycles. The summed E-state index contributed by atoms with van der Waals surface area (Å²) < 4.78 is 7.80. The fraction of sp³-hybridized carbons (Fsp3) is 0.471. The molecule has 0 saturated carbocycles. The standard InChI is InChI=1S/C17H19ClN4O2/c1-10-20-21-16-5-3-14(8-22(10)16)19-17(23)12-6-11-7-13(18)2-4-15(11)24-9-12/h2,4,7,12,14H,3,5-6,8-9H2,1H3,(H,19,23)/t12-,14+/m0/s1. The van der Waals surface area contributed by atoms with Gasteiger partial charge in [0.1, 0.15) is 24.0 Å². The Labute approximate surface area is 145 Å². The molecule has 0 saturated heterocycles. The van der Waals surface area contributed by atoms with Crippen LogP contribution in [0, 0.1) is 12.8 Å². The SMILES string of the molecule is Cc1nnc2n1C[C@H](NC(=O)[C@@H]1COc3ccc(Cl)cc3C1)CC2. The molecule has 24 heavy (non-hydrogen) atoms. The zero-order chi connectivity index (χ0) is 16.7. The number of halogens is 1. The molecule has 0 aliphatic carbocycles. The minimum atomic E-state index is -0.181. The highest BCUT2D eigenvalue weighted by molar-refractivity contribution is 6.30. The minimum absolute atomic E-state index is 0.0415. The van der Waals surface area contributed by atoms with Crippen molar-refractivity contribution in [3.63, 3.8) is 0 Å². The third-order valence-corrected chi connectivity index (χ3v) is 5.01. The average Bonchev–Trinajstić information content (AvgIpc) is 2.95. The lowest BCUT2D eigenvalue weighted by atomic mass is 9.95. The molecule has 6 nitrogen and oxygen atoms in total. The van der Waals surface area contributed by atoms with Crippen LogP contribution in [-0.2, 0) is 24.2 Å². The van der Waals surface area contributed by atoms with Crippen molar-refractivity contribution in [2.45, 2.75) is 38.8 Å². The summed E-state index contributed by atoms with van der Waals surface area (Å²) in [6, 6.07) is 5.66. The Morgan fingerprint density at radius 2 is 2.29 bits per heavy atom. The van der Waals surface area contributed by atoms with E-state index in [4.69, 9.17) is 16.3 Å². The van der Waals surface area contributed by atoms with Crippen molar-refractivity contribution in [2.24, 2.45) is 5.92 Å². The summed E-state index contributed by atoms with van der Waals surface area (Å²) in [5.74, 6) is 2.58. The van der Waals surface area contributed by atoms with Gasteiger partial charge >= 0.3 is 0 Å². The highest BCUT2D eigenvalue weighted by atomic mass is 35.5. The Balaban J connectivity index is 1.41. The zero-order valence-corrected chi connectivity index (χ0v) is 14.2. The van der Waals surface area contributed by atoms with Crippen molar-refractivity contribution in [1.29, 1.82) is 0 Å². The maximum Gasteiger partial charge on any atom is 0.227 e. The van der Waals surface area contributed by atoms with Crippen molar-refractivity contribution in [3.8, 4) is 5.75 Å². The van der Waals surface area contributed by atoms with Crippen LogP contribution < -0.4 is 10.1 Å². The molecule has 7 heteroatoms. The van der Waals surface area contributed by atoms with Crippen molar-refractivity contribution >= 4 is 17.5 Å². The molecule has 4 rings (SSSR count). The van der Waals surface area contributed by atoms with Gasteiger partial charge in [-0.3, -0.25) is 4.79 Å². The maximum absolute atomic E-state index is 12.6. The number of benzene rings is 1. The molecule has 2 atom stereocenters. The van der Waals surface area contributed by atoms with E-state index < -0.39 is 0 Å². The lowest BCUT2D eigenvalue weighted by molar-refractivity contribution is -0.127. The van der Waals surface area contributed by atoms with E-state index in [2.05, 4.69) is 20.1 Å². The summed E-state index contributed by atoms with van der Waals surface area (Å²) in [6.07, 6.45) is 2.39. The predicted octanol–water partition coefficient (Wildman–Crippen LogP) is 1.92. The van der Waals surface area contributed by atoms with Crippen LogP contribution >= 0.6 is 11.6 Å². The van der Waals surface area contributed by atoms with Crippen LogP contribution in [-0.4, -0.2) is 33.3 Å². The fourth-order valence-electron chi connectivity index (χ4n) is 3.43. The lowest BCUT2D eigenvalue weighted by Gasteiger charge is -2.29. The molecule has 0 radical (unpaired) electrons. The van der Waals surface area contributed by atoms with Gasteiger partial charge in [0.15, 0.2) is 0 Å². The number of hydrogen-bond donors (Lipinski definition) is 1. The van der Waals surface area contributed by atoms with E-state index in [9.17, 15) is 4.79 Å². The largest absolute Gasteiger partial charge is 0.492 e. The molecule has 126 valence electrons. The van der Waals surface area contributed by atoms with E-state index in [0.717, 1.165) is 42.3 Å². The number of hydrogen-bond acceptors (Lipinski definition) is 4. The molecule has 2 aliphatic heterocycles. The van der Waals surface area contributed by atoms with Gasteiger partial charge in [0, 0.05) is 24.0 Å². The second-order valence-electron chi connectivity index (χ2n) is 6.48. The van der Waals surface area contributed by atoms with Crippen molar-refractivity contribution in [1.82, 2.24) is 20.1 Å². The smallest absolute Gasteiger partial charge is 0.227 e. The molecule has 2 aromatic rings. The van der Waals surface area contributed by atoms with Crippen LogP contribution in [0.5, 0.6) is 5.75 Å². The van der Waals surface area contributed by atoms with Gasteiger partial charge in [0.05, 0.1) is 5.92 Å². The number of fused-ring (bicyclic) bond motifs is 2. The molecule has 0 bridgehead atoms. The number of rotatable bonds is 2. The number of carbonyl (C=O) groups is 1. The van der Waals surface area contributed by atoms with Crippen molar-refractivity contribution in [3.05, 3.63) is 40.4 Å². The number of ether oxygens (including phenoxy) is 1. The first-order valence-corrected chi connectivity index (χ1v) is 8.58. The normalized spacial score (nSPS) is 22.2. The summed E-state index contributed by atoms with van der Waals surface area (Å²) in [7, 11) is 0. The highest BCUT2D eigenvalue weighted by Crippen LogP contribution is 2.30. The number of carbonyl (C=O) groups excluding carboxylic acids is 1. The summed E-state index contributed by atoms with van der Waals surface area (Å²) in [5, 5.41) is 12.1. The molecular formula is C17H19ClN4O2. The number of aryl methyl sites for hydroxylation is 2. The molecular weight excluding hydrogens is 328 g/mol. The van der Waals surface area contributed by atoms with Gasteiger partial charge in [-0.25, -0.2) is 0 Å². The third kappa shape index (κ3) is 2.86. The number of nitrogens with one attached hydrogen (secondary N) is 1. The Bertz CT molecular complexity index is 789. The van der Waals surface area contributed by atoms with E-state index >= 15 is 0 Å². The summed E-state index contributed by atoms with van der Waals surface area (Å²) in [4.78, 5) is 12.6. The van der Waals surface area contributed by atoms with Crippen LogP contribution in [0.3, 0.4) is 0 Å². The average molecular weight is 347 g/mol. The maximum atomic E-state index is 12.6. The van der Waals surface area contributed by atoms with Gasteiger partial charge in [-0.15, -0.1) is 10.2 Å². The molecule has 1 N–H and O–H groups in total. The van der Waals surface area contributed by atoms with Crippen LogP contribution in [0.25, 0.3) is 0 Å². The van der Waals surface area contributed by atoms with Gasteiger partial charge in [-0.1, -0.05) is 11.6 Å². The molecule has 0 fully saturated rings. The monoisotopic (exact) mass is 346 g/mol. The first-order chi connectivity index (χ1) is 11.6. The van der Waals surface area contributed by atoms with Crippen molar-refractivity contribution in [2.75, 3.05) is 6.61 Å². The van der Waals surface area contributed by atoms with E-state index in [0.29, 0.717) is 18.1 Å². The Morgan fingerprint density at radius 3 is 3.17 bits per heavy atom. The van der Waals surface area contributed by atoms with Crippen LogP contribution in [0.2, 0.25) is 5.02 Å². The Hall–Kier alpha value is -2.08. The molecule has 1 amide bonds. The first kappa shape index (κ1) is 15.4. The molecule has 2 aliphatic rings. The summed E-state index contributed by atoms with van der Waals surface area (Å²) >= 11 is 6.04. The van der Waals surface area contributed by atoms with E-state index in [1.165, 1.54) is 0 Å². The van der Waals surface area contributed by atoms with Gasteiger partial charge in [-0.05, 0) is 43.5 Å². The van der Waals surface area contributed by atoms with Crippen molar-refractivity contribution < 1.29 is 9.53 Å². The van der Waals surface area contributed by atoms with E-state index in [1.807, 2.05) is 25.1 Å².